The van der Waals surface area contributed by atoms with Crippen molar-refractivity contribution in [3.63, 3.8) is 0 Å². The molecule has 6 nitrogen and oxygen atoms in total. The van der Waals surface area contributed by atoms with E-state index >= 15 is 0 Å². The third kappa shape index (κ3) is 25.0. The summed E-state index contributed by atoms with van der Waals surface area (Å²) in [5.41, 5.74) is 2.43. The van der Waals surface area contributed by atoms with Gasteiger partial charge in [0.2, 0.25) is 0 Å². The van der Waals surface area contributed by atoms with Crippen LogP contribution in [0.3, 0.4) is 0 Å². The van der Waals surface area contributed by atoms with Gasteiger partial charge in [-0.1, -0.05) is 6.92 Å². The molecule has 0 spiro atoms. The molecule has 0 aromatic carbocycles. The van der Waals surface area contributed by atoms with Gasteiger partial charge in [0.05, 0.1) is 7.11 Å². The minimum atomic E-state index is -4.16. The molecule has 0 unspecified atom stereocenters. The summed E-state index contributed by atoms with van der Waals surface area (Å²) < 4.78 is 29.7. The minimum absolute atomic E-state index is 0.847. The molecular formula is C3H12N2O4S. The molecule has 7 heteroatoms. The summed E-state index contributed by atoms with van der Waals surface area (Å²) >= 11 is 0. The second-order valence-corrected chi connectivity index (χ2v) is 2.34. The first-order valence-corrected chi connectivity index (χ1v) is 3.81. The summed E-state index contributed by atoms with van der Waals surface area (Å²) in [6.07, 6.45) is 0. The normalized spacial score (nSPS) is 10.0. The molecule has 0 fully saturated rings. The van der Waals surface area contributed by atoms with Crippen molar-refractivity contribution in [2.75, 3.05) is 13.7 Å². The fraction of sp³-hybridized carbons (Fsp3) is 1.00. The van der Waals surface area contributed by atoms with Crippen LogP contribution in [-0.2, 0) is 14.6 Å². The van der Waals surface area contributed by atoms with Gasteiger partial charge in [0, 0.05) is 6.54 Å². The maximum Gasteiger partial charge on any atom is 0.397 e. The van der Waals surface area contributed by atoms with Crippen molar-refractivity contribution < 1.29 is 17.2 Å². The lowest BCUT2D eigenvalue weighted by atomic mass is 10.8. The van der Waals surface area contributed by atoms with Gasteiger partial charge >= 0.3 is 10.4 Å². The van der Waals surface area contributed by atoms with Crippen LogP contribution in [0.1, 0.15) is 6.92 Å². The molecule has 0 aromatic rings. The molecule has 0 radical (unpaired) electrons. The quantitative estimate of drug-likeness (QED) is 0.278. The molecule has 0 heterocycles. The van der Waals surface area contributed by atoms with Crippen LogP contribution in [0.2, 0.25) is 0 Å². The first-order chi connectivity index (χ1) is 4.47. The van der Waals surface area contributed by atoms with Crippen LogP contribution in [0.4, 0.5) is 0 Å². The molecule has 4 N–H and O–H groups in total. The van der Waals surface area contributed by atoms with Gasteiger partial charge in [-0.25, -0.2) is 0 Å². The van der Waals surface area contributed by atoms with Gasteiger partial charge in [-0.2, -0.15) is 8.42 Å². The smallest absolute Gasteiger partial charge is 0.271 e. The zero-order chi connectivity index (χ0) is 8.62. The maximum atomic E-state index is 9.33. The number of rotatable bonds is 2. The molecule has 0 aliphatic carbocycles. The van der Waals surface area contributed by atoms with Crippen molar-refractivity contribution in [2.24, 2.45) is 5.84 Å². The van der Waals surface area contributed by atoms with Crippen LogP contribution in [-0.4, -0.2) is 26.6 Å². The van der Waals surface area contributed by atoms with Gasteiger partial charge in [0.25, 0.3) is 0 Å². The first kappa shape index (κ1) is 12.5. The Balaban J connectivity index is 0. The highest BCUT2D eigenvalue weighted by Crippen LogP contribution is 1.74. The monoisotopic (exact) mass is 172 g/mol. The molecule has 0 rings (SSSR count). The Kier molecular flexibility index (Phi) is 8.61. The third-order valence-corrected chi connectivity index (χ3v) is 0.836. The number of hydrazine groups is 1. The second-order valence-electron chi connectivity index (χ2n) is 1.15. The largest absolute Gasteiger partial charge is 0.397 e. The minimum Gasteiger partial charge on any atom is -0.271 e. The predicted octanol–water partition coefficient (Wildman–Crippen LogP) is -1.09. The Morgan fingerprint density at radius 2 is 1.90 bits per heavy atom. The van der Waals surface area contributed by atoms with Crippen LogP contribution in [0.25, 0.3) is 0 Å². The fourth-order valence-corrected chi connectivity index (χ4v) is 0. The zero-order valence-electron chi connectivity index (χ0n) is 5.86. The molecule has 0 aromatic heterocycles. The third-order valence-electron chi connectivity index (χ3n) is 0.415. The van der Waals surface area contributed by atoms with E-state index in [0.717, 1.165) is 13.7 Å². The van der Waals surface area contributed by atoms with Gasteiger partial charge in [-0.3, -0.25) is 20.0 Å². The van der Waals surface area contributed by atoms with Crippen LogP contribution >= 0.6 is 0 Å². The molecule has 64 valence electrons. The summed E-state index contributed by atoms with van der Waals surface area (Å²) in [6.45, 7) is 2.79. The van der Waals surface area contributed by atoms with Crippen molar-refractivity contribution in [2.45, 2.75) is 6.92 Å². The Morgan fingerprint density at radius 3 is 1.90 bits per heavy atom. The van der Waals surface area contributed by atoms with E-state index in [0.29, 0.717) is 0 Å². The molecular weight excluding hydrogens is 160 g/mol. The second kappa shape index (κ2) is 6.90. The van der Waals surface area contributed by atoms with Crippen molar-refractivity contribution in [3.8, 4) is 0 Å². The van der Waals surface area contributed by atoms with E-state index in [1.165, 1.54) is 0 Å². The summed E-state index contributed by atoms with van der Waals surface area (Å²) in [5, 5.41) is 0. The molecule has 10 heavy (non-hydrogen) atoms. The van der Waals surface area contributed by atoms with Crippen molar-refractivity contribution in [1.82, 2.24) is 5.43 Å². The van der Waals surface area contributed by atoms with Gasteiger partial charge < -0.3 is 0 Å². The molecule has 0 saturated carbocycles. The van der Waals surface area contributed by atoms with E-state index in [4.69, 9.17) is 10.4 Å². The maximum absolute atomic E-state index is 9.33. The highest BCUT2D eigenvalue weighted by atomic mass is 32.3. The average Bonchev–Trinajstić information content (AvgIpc) is 1.87. The highest BCUT2D eigenvalue weighted by molar-refractivity contribution is 7.80. The van der Waals surface area contributed by atoms with E-state index in [-0.39, 0.29) is 0 Å². The highest BCUT2D eigenvalue weighted by Gasteiger charge is 1.93. The zero-order valence-corrected chi connectivity index (χ0v) is 6.68. The lowest BCUT2D eigenvalue weighted by Crippen LogP contribution is -2.20. The number of hydrogen-bond donors (Lipinski definition) is 3. The van der Waals surface area contributed by atoms with E-state index in [1.807, 2.05) is 6.92 Å². The van der Waals surface area contributed by atoms with Crippen LogP contribution < -0.4 is 11.3 Å². The van der Waals surface area contributed by atoms with E-state index in [9.17, 15) is 8.42 Å². The average molecular weight is 172 g/mol. The van der Waals surface area contributed by atoms with E-state index in [2.05, 4.69) is 9.61 Å². The molecule has 0 saturated heterocycles. The van der Waals surface area contributed by atoms with Crippen LogP contribution in [0, 0.1) is 0 Å². The van der Waals surface area contributed by atoms with Crippen LogP contribution in [0.5, 0.6) is 0 Å². The number of nitrogens with one attached hydrogen (secondary N) is 1. The van der Waals surface area contributed by atoms with Crippen molar-refractivity contribution in [3.05, 3.63) is 0 Å². The first-order valence-electron chi connectivity index (χ1n) is 2.44. The lowest BCUT2D eigenvalue weighted by molar-refractivity contribution is 0.324. The molecule has 0 bridgehead atoms. The van der Waals surface area contributed by atoms with Gasteiger partial charge in [0.15, 0.2) is 0 Å². The topological polar surface area (TPSA) is 102 Å². The summed E-state index contributed by atoms with van der Waals surface area (Å²) in [4.78, 5) is 0. The van der Waals surface area contributed by atoms with Gasteiger partial charge in [0.1, 0.15) is 0 Å². The molecule has 0 aliphatic rings. The molecule has 0 aliphatic heterocycles. The van der Waals surface area contributed by atoms with Gasteiger partial charge in [-0.05, 0) is 0 Å². The SMILES string of the molecule is CCNN.COS(=O)(=O)O. The number of hydrogen-bond acceptors (Lipinski definition) is 5. The Hall–Kier alpha value is -0.210. The number of nitrogens with two attached hydrogens (primary N) is 1. The fourth-order valence-electron chi connectivity index (χ4n) is 0. The summed E-state index contributed by atoms with van der Waals surface area (Å²) in [6, 6.07) is 0. The molecule has 0 amide bonds. The van der Waals surface area contributed by atoms with E-state index < -0.39 is 10.4 Å². The summed E-state index contributed by atoms with van der Waals surface area (Å²) in [7, 11) is -3.29. The predicted molar refractivity (Wildman–Crippen MR) is 36.4 cm³/mol. The Morgan fingerprint density at radius 1 is 1.70 bits per heavy atom. The van der Waals surface area contributed by atoms with Crippen molar-refractivity contribution >= 4 is 10.4 Å². The standard InChI is InChI=1S/C2H8N2.CH4O4S/c1-2-4-3;1-5-6(2,3)4/h4H,2-3H2,1H3;1H3,(H,2,3,4). The Bertz CT molecular complexity index is 141. The lowest BCUT2D eigenvalue weighted by Gasteiger charge is -1.82. The van der Waals surface area contributed by atoms with E-state index in [1.54, 1.807) is 0 Å². The summed E-state index contributed by atoms with van der Waals surface area (Å²) in [5.74, 6) is 4.78. The molecule has 0 atom stereocenters. The van der Waals surface area contributed by atoms with Crippen LogP contribution in [0.15, 0.2) is 0 Å². The van der Waals surface area contributed by atoms with Gasteiger partial charge in [-0.15, -0.1) is 0 Å². The Labute approximate surface area is 60.3 Å². The van der Waals surface area contributed by atoms with Crippen molar-refractivity contribution in [1.29, 1.82) is 0 Å².